The van der Waals surface area contributed by atoms with Gasteiger partial charge in [0.1, 0.15) is 6.54 Å². The highest BCUT2D eigenvalue weighted by atomic mass is 127. The van der Waals surface area contributed by atoms with Crippen molar-refractivity contribution in [1.29, 1.82) is 0 Å². The van der Waals surface area contributed by atoms with Gasteiger partial charge in [0.15, 0.2) is 5.96 Å². The van der Waals surface area contributed by atoms with E-state index in [2.05, 4.69) is 47.7 Å². The third-order valence-electron chi connectivity index (χ3n) is 5.54. The summed E-state index contributed by atoms with van der Waals surface area (Å²) in [5.74, 6) is 0.587. The summed E-state index contributed by atoms with van der Waals surface area (Å²) < 4.78 is 5.09. The third kappa shape index (κ3) is 8.84. The molecule has 8 nitrogen and oxygen atoms in total. The number of likely N-dealkylation sites (tertiary alicyclic amines) is 1. The van der Waals surface area contributed by atoms with Crippen molar-refractivity contribution in [2.24, 2.45) is 4.99 Å². The minimum Gasteiger partial charge on any atom is -0.450 e. The molecule has 2 rings (SSSR count). The van der Waals surface area contributed by atoms with Crippen LogP contribution in [0.4, 0.5) is 4.79 Å². The van der Waals surface area contributed by atoms with Gasteiger partial charge < -0.3 is 25.2 Å². The van der Waals surface area contributed by atoms with E-state index in [9.17, 15) is 9.59 Å². The zero-order chi connectivity index (χ0) is 22.8. The van der Waals surface area contributed by atoms with Crippen molar-refractivity contribution in [2.45, 2.75) is 46.1 Å². The molecular weight excluding hydrogens is 521 g/mol. The van der Waals surface area contributed by atoms with Crippen LogP contribution in [-0.2, 0) is 16.0 Å². The monoisotopic (exact) mass is 559 g/mol. The summed E-state index contributed by atoms with van der Waals surface area (Å²) in [6.07, 6.45) is 2.23. The SMILES string of the molecule is CCOC(=O)N1CCC(NC(=NCC(=O)N(C)C)NCCc2c(C)cccc2C)CC1.I. The molecule has 0 spiro atoms. The second kappa shape index (κ2) is 14.2. The van der Waals surface area contributed by atoms with Crippen molar-refractivity contribution in [2.75, 3.05) is 46.9 Å². The van der Waals surface area contributed by atoms with E-state index in [1.807, 2.05) is 6.92 Å². The Balaban J connectivity index is 0.00000512. The number of hydrogen-bond donors (Lipinski definition) is 2. The first-order valence-corrected chi connectivity index (χ1v) is 11.0. The lowest BCUT2D eigenvalue weighted by Gasteiger charge is -2.32. The molecule has 180 valence electrons. The van der Waals surface area contributed by atoms with Gasteiger partial charge in [0.2, 0.25) is 5.91 Å². The highest BCUT2D eigenvalue weighted by Crippen LogP contribution is 2.14. The van der Waals surface area contributed by atoms with Gasteiger partial charge >= 0.3 is 6.09 Å². The van der Waals surface area contributed by atoms with E-state index in [4.69, 9.17) is 4.74 Å². The van der Waals surface area contributed by atoms with Crippen LogP contribution in [-0.4, -0.2) is 80.7 Å². The molecule has 1 aromatic carbocycles. The number of aryl methyl sites for hydroxylation is 2. The molecule has 1 fully saturated rings. The van der Waals surface area contributed by atoms with Crippen molar-refractivity contribution in [1.82, 2.24) is 20.4 Å². The maximum absolute atomic E-state index is 12.0. The van der Waals surface area contributed by atoms with E-state index in [0.717, 1.165) is 25.8 Å². The number of rotatable bonds is 7. The fourth-order valence-corrected chi connectivity index (χ4v) is 3.60. The summed E-state index contributed by atoms with van der Waals surface area (Å²) in [5.41, 5.74) is 3.89. The van der Waals surface area contributed by atoms with Gasteiger partial charge in [0.25, 0.3) is 0 Å². The summed E-state index contributed by atoms with van der Waals surface area (Å²) >= 11 is 0. The van der Waals surface area contributed by atoms with Gasteiger partial charge in [0, 0.05) is 39.8 Å². The highest BCUT2D eigenvalue weighted by molar-refractivity contribution is 14.0. The zero-order valence-corrected chi connectivity index (χ0v) is 22.3. The van der Waals surface area contributed by atoms with Gasteiger partial charge in [-0.25, -0.2) is 9.79 Å². The van der Waals surface area contributed by atoms with E-state index in [1.165, 1.54) is 21.6 Å². The number of nitrogens with zero attached hydrogens (tertiary/aromatic N) is 3. The normalized spacial score (nSPS) is 14.4. The quantitative estimate of drug-likeness (QED) is 0.305. The molecule has 1 saturated heterocycles. The van der Waals surface area contributed by atoms with Crippen molar-refractivity contribution in [3.8, 4) is 0 Å². The molecule has 1 aliphatic heterocycles. The molecule has 0 bridgehead atoms. The topological polar surface area (TPSA) is 86.3 Å². The number of ether oxygens (including phenoxy) is 1. The van der Waals surface area contributed by atoms with Gasteiger partial charge in [-0.3, -0.25) is 4.79 Å². The predicted octanol–water partition coefficient (Wildman–Crippen LogP) is 2.71. The third-order valence-corrected chi connectivity index (χ3v) is 5.54. The van der Waals surface area contributed by atoms with Gasteiger partial charge in [-0.1, -0.05) is 18.2 Å². The van der Waals surface area contributed by atoms with Crippen LogP contribution in [0.25, 0.3) is 0 Å². The first-order chi connectivity index (χ1) is 14.8. The molecule has 1 heterocycles. The van der Waals surface area contributed by atoms with Crippen molar-refractivity contribution >= 4 is 41.9 Å². The lowest BCUT2D eigenvalue weighted by atomic mass is 10.0. The highest BCUT2D eigenvalue weighted by Gasteiger charge is 2.24. The van der Waals surface area contributed by atoms with Crippen LogP contribution in [0.5, 0.6) is 0 Å². The van der Waals surface area contributed by atoms with E-state index >= 15 is 0 Å². The number of nitrogens with one attached hydrogen (secondary N) is 2. The lowest BCUT2D eigenvalue weighted by molar-refractivity contribution is -0.127. The molecule has 0 atom stereocenters. The smallest absolute Gasteiger partial charge is 0.409 e. The molecule has 2 amide bonds. The van der Waals surface area contributed by atoms with Crippen LogP contribution in [0, 0.1) is 13.8 Å². The Bertz CT molecular complexity index is 757. The maximum Gasteiger partial charge on any atom is 0.409 e. The minimum atomic E-state index is -0.252. The van der Waals surface area contributed by atoms with E-state index in [0.29, 0.717) is 25.7 Å². The zero-order valence-electron chi connectivity index (χ0n) is 19.9. The van der Waals surface area contributed by atoms with Crippen molar-refractivity contribution in [3.63, 3.8) is 0 Å². The molecule has 0 aliphatic carbocycles. The molecule has 2 N–H and O–H groups in total. The molecule has 0 saturated carbocycles. The summed E-state index contributed by atoms with van der Waals surface area (Å²) in [7, 11) is 3.45. The number of hydrogen-bond acceptors (Lipinski definition) is 4. The second-order valence-corrected chi connectivity index (χ2v) is 8.10. The maximum atomic E-state index is 12.0. The predicted molar refractivity (Wildman–Crippen MR) is 139 cm³/mol. The van der Waals surface area contributed by atoms with Crippen LogP contribution in [0.1, 0.15) is 36.5 Å². The van der Waals surface area contributed by atoms with E-state index < -0.39 is 0 Å². The Kier molecular flexibility index (Phi) is 12.4. The number of piperidine rings is 1. The van der Waals surface area contributed by atoms with Crippen molar-refractivity contribution < 1.29 is 14.3 Å². The summed E-state index contributed by atoms with van der Waals surface area (Å²) in [6.45, 7) is 8.55. The Morgan fingerprint density at radius 1 is 1.19 bits per heavy atom. The molecular formula is C23H38IN5O3. The fraction of sp³-hybridized carbons (Fsp3) is 0.609. The number of guanidine groups is 1. The molecule has 1 aliphatic rings. The van der Waals surface area contributed by atoms with Crippen LogP contribution in [0.2, 0.25) is 0 Å². The van der Waals surface area contributed by atoms with Gasteiger partial charge in [0.05, 0.1) is 6.61 Å². The van der Waals surface area contributed by atoms with E-state index in [-0.39, 0.29) is 48.6 Å². The minimum absolute atomic E-state index is 0. The largest absolute Gasteiger partial charge is 0.450 e. The number of aliphatic imine (C=N–C) groups is 1. The molecule has 0 radical (unpaired) electrons. The first kappa shape index (κ1) is 28.0. The number of carbonyl (C=O) groups excluding carboxylic acids is 2. The number of likely N-dealkylation sites (N-methyl/N-ethyl adjacent to an activating group) is 1. The molecule has 1 aromatic rings. The van der Waals surface area contributed by atoms with Crippen LogP contribution in [0.3, 0.4) is 0 Å². The summed E-state index contributed by atoms with van der Waals surface area (Å²) in [4.78, 5) is 31.7. The van der Waals surface area contributed by atoms with E-state index in [1.54, 1.807) is 19.0 Å². The van der Waals surface area contributed by atoms with Gasteiger partial charge in [-0.05, 0) is 56.7 Å². The van der Waals surface area contributed by atoms with Crippen molar-refractivity contribution in [3.05, 3.63) is 34.9 Å². The first-order valence-electron chi connectivity index (χ1n) is 11.0. The Labute approximate surface area is 209 Å². The standard InChI is InChI=1S/C23H37N5O3.HI/c1-6-31-23(30)28-14-11-19(12-15-28)26-22(25-16-21(29)27(4)5)24-13-10-20-17(2)8-7-9-18(20)3;/h7-9,19H,6,10-16H2,1-5H3,(H2,24,25,26);1H. The summed E-state index contributed by atoms with van der Waals surface area (Å²) in [6, 6.07) is 6.52. The Morgan fingerprint density at radius 2 is 1.81 bits per heavy atom. The average molecular weight is 559 g/mol. The molecule has 9 heteroatoms. The Morgan fingerprint density at radius 3 is 2.38 bits per heavy atom. The lowest BCUT2D eigenvalue weighted by Crippen LogP contribution is -2.50. The van der Waals surface area contributed by atoms with Crippen LogP contribution in [0.15, 0.2) is 23.2 Å². The average Bonchev–Trinajstić information content (AvgIpc) is 2.74. The molecule has 0 unspecified atom stereocenters. The fourth-order valence-electron chi connectivity index (χ4n) is 3.60. The number of benzene rings is 1. The van der Waals surface area contributed by atoms with Crippen LogP contribution >= 0.6 is 24.0 Å². The Hall–Kier alpha value is -2.04. The number of halogens is 1. The second-order valence-electron chi connectivity index (χ2n) is 8.10. The van der Waals surface area contributed by atoms with Gasteiger partial charge in [-0.2, -0.15) is 0 Å². The molecule has 0 aromatic heterocycles. The number of amides is 2. The van der Waals surface area contributed by atoms with Gasteiger partial charge in [-0.15, -0.1) is 24.0 Å². The molecule has 32 heavy (non-hydrogen) atoms. The summed E-state index contributed by atoms with van der Waals surface area (Å²) in [5, 5.41) is 6.83. The van der Waals surface area contributed by atoms with Crippen LogP contribution < -0.4 is 10.6 Å². The number of carbonyl (C=O) groups is 2.